The molecule has 0 radical (unpaired) electrons. The molecule has 1 fully saturated rings. The van der Waals surface area contributed by atoms with E-state index in [0.717, 1.165) is 29.9 Å². The van der Waals surface area contributed by atoms with Gasteiger partial charge in [-0.2, -0.15) is 0 Å². The van der Waals surface area contributed by atoms with Crippen LogP contribution in [0, 0.1) is 0 Å². The van der Waals surface area contributed by atoms with E-state index in [1.807, 2.05) is 18.3 Å². The molecule has 17 heavy (non-hydrogen) atoms. The van der Waals surface area contributed by atoms with E-state index in [2.05, 4.69) is 9.88 Å². The minimum absolute atomic E-state index is 0.438. The molecule has 0 unspecified atom stereocenters. The third kappa shape index (κ3) is 1.78. The number of nitrogens with zero attached hydrogens (tertiary/aromatic N) is 2. The Bertz CT molecular complexity index is 509. The van der Waals surface area contributed by atoms with Crippen LogP contribution in [-0.4, -0.2) is 31.3 Å². The van der Waals surface area contributed by atoms with Crippen molar-refractivity contribution in [3.8, 4) is 0 Å². The molecule has 0 spiro atoms. The lowest BCUT2D eigenvalue weighted by Gasteiger charge is -2.25. The monoisotopic (exact) mass is 232 g/mol. The van der Waals surface area contributed by atoms with Gasteiger partial charge < -0.3 is 14.1 Å². The van der Waals surface area contributed by atoms with Gasteiger partial charge in [0.25, 0.3) is 0 Å². The fraction of sp³-hybridized carbons (Fsp3) is 0.462. The highest BCUT2D eigenvalue weighted by molar-refractivity contribution is 5.88. The predicted octanol–water partition coefficient (Wildman–Crippen LogP) is 2.44. The second kappa shape index (κ2) is 4.37. The molecule has 1 atom stereocenters. The Labute approximate surface area is 100 Å². The van der Waals surface area contributed by atoms with E-state index in [4.69, 9.17) is 9.15 Å². The van der Waals surface area contributed by atoms with Gasteiger partial charge in [-0.3, -0.25) is 0 Å². The molecule has 4 heteroatoms. The van der Waals surface area contributed by atoms with Crippen LogP contribution in [-0.2, 0) is 4.74 Å². The number of rotatable bonds is 3. The van der Waals surface area contributed by atoms with Gasteiger partial charge >= 0.3 is 0 Å². The van der Waals surface area contributed by atoms with Crippen LogP contribution >= 0.6 is 0 Å². The van der Waals surface area contributed by atoms with Crippen molar-refractivity contribution >= 4 is 16.8 Å². The number of methoxy groups -OCH3 is 1. The van der Waals surface area contributed by atoms with Crippen LogP contribution in [0.15, 0.2) is 29.0 Å². The van der Waals surface area contributed by atoms with Crippen molar-refractivity contribution in [2.75, 3.05) is 25.2 Å². The first-order valence-electron chi connectivity index (χ1n) is 5.98. The van der Waals surface area contributed by atoms with Crippen molar-refractivity contribution < 1.29 is 9.15 Å². The zero-order valence-corrected chi connectivity index (χ0v) is 9.93. The van der Waals surface area contributed by atoms with Gasteiger partial charge in [-0.05, 0) is 25.0 Å². The number of anilines is 1. The molecular formula is C13H16N2O2. The van der Waals surface area contributed by atoms with Gasteiger partial charge in [0.1, 0.15) is 11.4 Å². The normalized spacial score (nSPS) is 20.3. The van der Waals surface area contributed by atoms with Gasteiger partial charge in [0.15, 0.2) is 0 Å². The number of furan rings is 1. The molecule has 0 aliphatic carbocycles. The van der Waals surface area contributed by atoms with Crippen LogP contribution in [0.2, 0.25) is 0 Å². The smallest absolute Gasteiger partial charge is 0.140 e. The minimum atomic E-state index is 0.438. The van der Waals surface area contributed by atoms with E-state index in [0.29, 0.717) is 6.04 Å². The largest absolute Gasteiger partial charge is 0.464 e. The second-order valence-corrected chi connectivity index (χ2v) is 4.41. The van der Waals surface area contributed by atoms with E-state index in [9.17, 15) is 0 Å². The summed E-state index contributed by atoms with van der Waals surface area (Å²) in [6, 6.07) is 4.33. The van der Waals surface area contributed by atoms with Crippen LogP contribution in [0.1, 0.15) is 12.8 Å². The number of fused-ring (bicyclic) bond motifs is 1. The van der Waals surface area contributed by atoms with Crippen LogP contribution in [0.5, 0.6) is 0 Å². The van der Waals surface area contributed by atoms with Gasteiger partial charge in [0, 0.05) is 19.9 Å². The third-order valence-electron chi connectivity index (χ3n) is 3.37. The topological polar surface area (TPSA) is 38.5 Å². The van der Waals surface area contributed by atoms with Crippen molar-refractivity contribution in [3.05, 3.63) is 24.6 Å². The molecule has 90 valence electrons. The van der Waals surface area contributed by atoms with Crippen molar-refractivity contribution in [1.82, 2.24) is 4.98 Å². The number of ether oxygens (including phenoxy) is 1. The number of pyridine rings is 1. The van der Waals surface area contributed by atoms with Crippen molar-refractivity contribution in [2.24, 2.45) is 0 Å². The Morgan fingerprint density at radius 2 is 2.47 bits per heavy atom. The van der Waals surface area contributed by atoms with Gasteiger partial charge in [-0.1, -0.05) is 0 Å². The van der Waals surface area contributed by atoms with Crippen LogP contribution in [0.4, 0.5) is 5.82 Å². The van der Waals surface area contributed by atoms with Crippen molar-refractivity contribution in [2.45, 2.75) is 18.9 Å². The maximum atomic E-state index is 5.42. The summed E-state index contributed by atoms with van der Waals surface area (Å²) in [5, 5.41) is 1.09. The standard InChI is InChI=1S/C13H16N2O2/c1-16-9-10-3-2-7-15(10)13-11-5-8-17-12(11)4-6-14-13/h4-6,8,10H,2-3,7,9H2,1H3/t10-/m0/s1. The number of aromatic nitrogens is 1. The van der Waals surface area contributed by atoms with E-state index in [1.54, 1.807) is 13.4 Å². The molecule has 0 amide bonds. The molecule has 4 nitrogen and oxygen atoms in total. The average Bonchev–Trinajstić information content (AvgIpc) is 2.96. The molecule has 0 aromatic carbocycles. The first-order chi connectivity index (χ1) is 8.40. The molecule has 2 aromatic heterocycles. The molecule has 0 N–H and O–H groups in total. The molecule has 3 rings (SSSR count). The summed E-state index contributed by atoms with van der Waals surface area (Å²) in [4.78, 5) is 6.84. The molecule has 1 aliphatic rings. The second-order valence-electron chi connectivity index (χ2n) is 4.41. The summed E-state index contributed by atoms with van der Waals surface area (Å²) in [5.74, 6) is 1.02. The fourth-order valence-corrected chi connectivity index (χ4v) is 2.59. The Hall–Kier alpha value is -1.55. The van der Waals surface area contributed by atoms with E-state index in [1.165, 1.54) is 12.8 Å². The molecule has 2 aromatic rings. The highest BCUT2D eigenvalue weighted by Crippen LogP contribution is 2.30. The van der Waals surface area contributed by atoms with Crippen LogP contribution in [0.3, 0.4) is 0 Å². The summed E-state index contributed by atoms with van der Waals surface area (Å²) in [5.41, 5.74) is 0.901. The van der Waals surface area contributed by atoms with Crippen molar-refractivity contribution in [1.29, 1.82) is 0 Å². The first-order valence-corrected chi connectivity index (χ1v) is 5.98. The maximum Gasteiger partial charge on any atom is 0.140 e. The highest BCUT2D eigenvalue weighted by atomic mass is 16.5. The Morgan fingerprint density at radius 1 is 1.53 bits per heavy atom. The SMILES string of the molecule is COC[C@@H]1CCCN1c1nccc2occc12. The van der Waals surface area contributed by atoms with E-state index < -0.39 is 0 Å². The van der Waals surface area contributed by atoms with Gasteiger partial charge in [0.05, 0.1) is 24.3 Å². The number of hydrogen-bond donors (Lipinski definition) is 0. The molecule has 0 saturated carbocycles. The summed E-state index contributed by atoms with van der Waals surface area (Å²) < 4.78 is 10.7. The van der Waals surface area contributed by atoms with Gasteiger partial charge in [0.2, 0.25) is 0 Å². The van der Waals surface area contributed by atoms with Crippen LogP contribution in [0.25, 0.3) is 11.0 Å². The number of hydrogen-bond acceptors (Lipinski definition) is 4. The Morgan fingerprint density at radius 3 is 3.35 bits per heavy atom. The predicted molar refractivity (Wildman–Crippen MR) is 66.3 cm³/mol. The average molecular weight is 232 g/mol. The van der Waals surface area contributed by atoms with Gasteiger partial charge in [-0.25, -0.2) is 4.98 Å². The molecule has 0 bridgehead atoms. The zero-order valence-electron chi connectivity index (χ0n) is 9.93. The molecule has 3 heterocycles. The lowest BCUT2D eigenvalue weighted by Crippen LogP contribution is -2.33. The summed E-state index contributed by atoms with van der Waals surface area (Å²) in [6.07, 6.45) is 5.90. The first kappa shape index (κ1) is 10.6. The quantitative estimate of drug-likeness (QED) is 0.814. The van der Waals surface area contributed by atoms with Gasteiger partial charge in [-0.15, -0.1) is 0 Å². The molecular weight excluding hydrogens is 216 g/mol. The third-order valence-corrected chi connectivity index (χ3v) is 3.37. The zero-order chi connectivity index (χ0) is 11.7. The minimum Gasteiger partial charge on any atom is -0.464 e. The fourth-order valence-electron chi connectivity index (χ4n) is 2.59. The maximum absolute atomic E-state index is 5.42. The molecule has 1 saturated heterocycles. The highest BCUT2D eigenvalue weighted by Gasteiger charge is 2.26. The summed E-state index contributed by atoms with van der Waals surface area (Å²) in [7, 11) is 1.75. The van der Waals surface area contributed by atoms with Crippen molar-refractivity contribution in [3.63, 3.8) is 0 Å². The Kier molecular flexibility index (Phi) is 2.73. The lowest BCUT2D eigenvalue weighted by molar-refractivity contribution is 0.180. The van der Waals surface area contributed by atoms with Crippen LogP contribution < -0.4 is 4.90 Å². The van der Waals surface area contributed by atoms with E-state index in [-0.39, 0.29) is 0 Å². The lowest BCUT2D eigenvalue weighted by atomic mass is 10.2. The summed E-state index contributed by atoms with van der Waals surface area (Å²) in [6.45, 7) is 1.81. The van der Waals surface area contributed by atoms with E-state index >= 15 is 0 Å². The summed E-state index contributed by atoms with van der Waals surface area (Å²) >= 11 is 0. The Balaban J connectivity index is 1.99. The molecule has 1 aliphatic heterocycles.